The first-order valence-electron chi connectivity index (χ1n) is 5.99. The first-order chi connectivity index (χ1) is 9.17. The van der Waals surface area contributed by atoms with Gasteiger partial charge in [0.1, 0.15) is 0 Å². The lowest BCUT2D eigenvalue weighted by Gasteiger charge is -2.16. The Kier molecular flexibility index (Phi) is 4.52. The zero-order valence-corrected chi connectivity index (χ0v) is 11.8. The van der Waals surface area contributed by atoms with E-state index < -0.39 is 0 Å². The van der Waals surface area contributed by atoms with Crippen molar-refractivity contribution in [3.8, 4) is 5.75 Å². The van der Waals surface area contributed by atoms with Crippen LogP contribution in [-0.4, -0.2) is 7.11 Å². The van der Waals surface area contributed by atoms with E-state index in [0.717, 1.165) is 10.4 Å². The van der Waals surface area contributed by atoms with Crippen LogP contribution in [0, 0.1) is 12.7 Å². The number of nitrogens with two attached hydrogens (primary N) is 1. The average Bonchev–Trinajstić information content (AvgIpc) is 2.84. The van der Waals surface area contributed by atoms with Crippen molar-refractivity contribution in [1.82, 2.24) is 5.43 Å². The van der Waals surface area contributed by atoms with Crippen LogP contribution in [0.2, 0.25) is 0 Å². The monoisotopic (exact) mass is 280 g/mol. The smallest absolute Gasteiger partial charge is 0.168 e. The quantitative estimate of drug-likeness (QED) is 0.654. The Morgan fingerprint density at radius 2 is 2.21 bits per heavy atom. The van der Waals surface area contributed by atoms with Gasteiger partial charge in [-0.15, -0.1) is 11.3 Å². The summed E-state index contributed by atoms with van der Waals surface area (Å²) in [6.45, 7) is 2.03. The minimum absolute atomic E-state index is 0.0957. The van der Waals surface area contributed by atoms with Crippen LogP contribution in [0.4, 0.5) is 4.39 Å². The second-order valence-corrected chi connectivity index (χ2v) is 5.27. The van der Waals surface area contributed by atoms with Crippen LogP contribution in [0.1, 0.15) is 22.0 Å². The van der Waals surface area contributed by atoms with E-state index in [-0.39, 0.29) is 17.6 Å². The lowest BCUT2D eigenvalue weighted by atomic mass is 10.0. The fraction of sp³-hybridized carbons (Fsp3) is 0.286. The van der Waals surface area contributed by atoms with Gasteiger partial charge in [0.05, 0.1) is 13.2 Å². The number of thiophene rings is 1. The van der Waals surface area contributed by atoms with Crippen LogP contribution >= 0.6 is 11.3 Å². The molecule has 0 saturated heterocycles. The van der Waals surface area contributed by atoms with E-state index in [0.29, 0.717) is 12.0 Å². The van der Waals surface area contributed by atoms with Crippen LogP contribution in [0.3, 0.4) is 0 Å². The summed E-state index contributed by atoms with van der Waals surface area (Å²) in [6, 6.07) is 7.09. The molecule has 2 aromatic rings. The molecule has 2 rings (SSSR count). The molecule has 0 spiro atoms. The van der Waals surface area contributed by atoms with Crippen molar-refractivity contribution in [2.75, 3.05) is 7.11 Å². The van der Waals surface area contributed by atoms with Crippen LogP contribution in [0.5, 0.6) is 5.75 Å². The molecule has 1 aromatic heterocycles. The second kappa shape index (κ2) is 6.14. The minimum Gasteiger partial charge on any atom is -0.494 e. The summed E-state index contributed by atoms with van der Waals surface area (Å²) < 4.78 is 19.1. The number of nitrogens with one attached hydrogen (secondary N) is 1. The van der Waals surface area contributed by atoms with Crippen molar-refractivity contribution in [3.05, 3.63) is 51.5 Å². The molecular weight excluding hydrogens is 263 g/mol. The summed E-state index contributed by atoms with van der Waals surface area (Å²) in [5.41, 5.74) is 4.52. The van der Waals surface area contributed by atoms with E-state index in [9.17, 15) is 4.39 Å². The topological polar surface area (TPSA) is 47.3 Å². The summed E-state index contributed by atoms with van der Waals surface area (Å²) in [5, 5.41) is 2.01. The predicted octanol–water partition coefficient (Wildman–Crippen LogP) is 2.95. The summed E-state index contributed by atoms with van der Waals surface area (Å²) in [7, 11) is 1.46. The zero-order chi connectivity index (χ0) is 13.8. The molecule has 102 valence electrons. The second-order valence-electron chi connectivity index (χ2n) is 4.32. The molecule has 0 fully saturated rings. The molecule has 1 heterocycles. The Labute approximate surface area is 116 Å². The van der Waals surface area contributed by atoms with Crippen molar-refractivity contribution in [3.63, 3.8) is 0 Å². The van der Waals surface area contributed by atoms with E-state index >= 15 is 0 Å². The van der Waals surface area contributed by atoms with E-state index in [1.165, 1.54) is 7.11 Å². The molecule has 1 aromatic carbocycles. The Balaban J connectivity index is 2.27. The van der Waals surface area contributed by atoms with Gasteiger partial charge in [0.2, 0.25) is 0 Å². The number of halogens is 1. The molecule has 5 heteroatoms. The highest BCUT2D eigenvalue weighted by atomic mass is 32.1. The van der Waals surface area contributed by atoms with Crippen molar-refractivity contribution >= 4 is 11.3 Å². The van der Waals surface area contributed by atoms with Crippen molar-refractivity contribution in [1.29, 1.82) is 0 Å². The number of hydrogen-bond acceptors (Lipinski definition) is 4. The van der Waals surface area contributed by atoms with Crippen molar-refractivity contribution in [2.45, 2.75) is 19.4 Å². The molecule has 0 aliphatic rings. The van der Waals surface area contributed by atoms with Gasteiger partial charge in [0.25, 0.3) is 0 Å². The molecular formula is C14H17FN2OS. The van der Waals surface area contributed by atoms with Gasteiger partial charge in [-0.25, -0.2) is 4.39 Å². The van der Waals surface area contributed by atoms with E-state index in [1.54, 1.807) is 29.5 Å². The van der Waals surface area contributed by atoms with Crippen molar-refractivity contribution in [2.24, 2.45) is 5.84 Å². The molecule has 3 nitrogen and oxygen atoms in total. The van der Waals surface area contributed by atoms with Crippen LogP contribution in [-0.2, 0) is 6.42 Å². The van der Waals surface area contributed by atoms with Gasteiger partial charge >= 0.3 is 0 Å². The Morgan fingerprint density at radius 1 is 1.42 bits per heavy atom. The lowest BCUT2D eigenvalue weighted by molar-refractivity contribution is 0.382. The Morgan fingerprint density at radius 3 is 2.79 bits per heavy atom. The summed E-state index contributed by atoms with van der Waals surface area (Å²) in [4.78, 5) is 1.13. The van der Waals surface area contributed by atoms with E-state index in [4.69, 9.17) is 10.6 Å². The number of aryl methyl sites for hydroxylation is 1. The maximum Gasteiger partial charge on any atom is 0.168 e. The van der Waals surface area contributed by atoms with E-state index in [2.05, 4.69) is 5.43 Å². The maximum absolute atomic E-state index is 14.1. The number of methoxy groups -OCH3 is 1. The van der Waals surface area contributed by atoms with Gasteiger partial charge in [-0.05, 0) is 42.0 Å². The lowest BCUT2D eigenvalue weighted by Crippen LogP contribution is -2.29. The third-order valence-corrected chi connectivity index (χ3v) is 4.24. The van der Waals surface area contributed by atoms with Crippen LogP contribution in [0.15, 0.2) is 29.6 Å². The minimum atomic E-state index is -0.320. The van der Waals surface area contributed by atoms with Gasteiger partial charge in [-0.1, -0.05) is 12.1 Å². The highest BCUT2D eigenvalue weighted by molar-refractivity contribution is 7.10. The largest absolute Gasteiger partial charge is 0.494 e. The predicted molar refractivity (Wildman–Crippen MR) is 75.8 cm³/mol. The van der Waals surface area contributed by atoms with E-state index in [1.807, 2.05) is 18.4 Å². The highest BCUT2D eigenvalue weighted by Crippen LogP contribution is 2.29. The SMILES string of the molecule is COc1cccc(CC(NN)c2sccc2C)c1F. The fourth-order valence-corrected chi connectivity index (χ4v) is 3.05. The Hall–Kier alpha value is -1.43. The molecule has 0 saturated carbocycles. The zero-order valence-electron chi connectivity index (χ0n) is 10.9. The first-order valence-corrected chi connectivity index (χ1v) is 6.86. The molecule has 0 amide bonds. The first kappa shape index (κ1) is 14.0. The third kappa shape index (κ3) is 2.94. The highest BCUT2D eigenvalue weighted by Gasteiger charge is 2.17. The molecule has 19 heavy (non-hydrogen) atoms. The molecule has 1 unspecified atom stereocenters. The summed E-state index contributed by atoms with van der Waals surface area (Å²) >= 11 is 1.62. The Bertz CT molecular complexity index is 556. The number of benzene rings is 1. The maximum atomic E-state index is 14.1. The number of ether oxygens (including phenoxy) is 1. The molecule has 0 aliphatic heterocycles. The van der Waals surface area contributed by atoms with Gasteiger partial charge < -0.3 is 4.74 Å². The third-order valence-electron chi connectivity index (χ3n) is 3.11. The summed E-state index contributed by atoms with van der Waals surface area (Å²) in [6.07, 6.45) is 0.487. The van der Waals surface area contributed by atoms with Gasteiger partial charge in [0.15, 0.2) is 11.6 Å². The van der Waals surface area contributed by atoms with Crippen LogP contribution in [0.25, 0.3) is 0 Å². The van der Waals surface area contributed by atoms with Gasteiger partial charge in [-0.2, -0.15) is 0 Å². The normalized spacial score (nSPS) is 12.4. The molecule has 1 atom stereocenters. The fourth-order valence-electron chi connectivity index (χ4n) is 2.06. The number of rotatable bonds is 5. The molecule has 0 aliphatic carbocycles. The average molecular weight is 280 g/mol. The van der Waals surface area contributed by atoms with Crippen molar-refractivity contribution < 1.29 is 9.13 Å². The molecule has 0 radical (unpaired) electrons. The number of hydrogen-bond donors (Lipinski definition) is 2. The number of hydrazine groups is 1. The van der Waals surface area contributed by atoms with Gasteiger partial charge in [0, 0.05) is 4.88 Å². The standard InChI is InChI=1S/C14H17FN2OS/c1-9-6-7-19-14(9)11(17-16)8-10-4-3-5-12(18-2)13(10)15/h3-7,11,17H,8,16H2,1-2H3. The molecule has 0 bridgehead atoms. The summed E-state index contributed by atoms with van der Waals surface area (Å²) in [5.74, 6) is 5.54. The molecule has 3 N–H and O–H groups in total. The van der Waals surface area contributed by atoms with Gasteiger partial charge in [-0.3, -0.25) is 11.3 Å². The van der Waals surface area contributed by atoms with Crippen LogP contribution < -0.4 is 16.0 Å².